The summed E-state index contributed by atoms with van der Waals surface area (Å²) < 4.78 is 22.4. The van der Waals surface area contributed by atoms with E-state index in [0.717, 1.165) is 6.42 Å². The molecule has 3 atom stereocenters. The molecule has 0 amide bonds. The van der Waals surface area contributed by atoms with Gasteiger partial charge in [0.1, 0.15) is 0 Å². The van der Waals surface area contributed by atoms with E-state index in [9.17, 15) is 13.5 Å². The largest absolute Gasteiger partial charge is 0.390 e. The average Bonchev–Trinajstić information content (AvgIpc) is 2.45. The molecule has 1 aliphatic carbocycles. The van der Waals surface area contributed by atoms with Crippen LogP contribution in [-0.4, -0.2) is 43.2 Å². The van der Waals surface area contributed by atoms with Crippen LogP contribution >= 0.6 is 0 Å². The summed E-state index contributed by atoms with van der Waals surface area (Å²) in [5.74, 6) is -0.00143. The van der Waals surface area contributed by atoms with Crippen molar-refractivity contribution in [3.63, 3.8) is 0 Å². The fraction of sp³-hybridized carbons (Fsp3) is 1.00. The van der Waals surface area contributed by atoms with Crippen LogP contribution < -0.4 is 5.32 Å². The minimum absolute atomic E-state index is 0.0841. The van der Waals surface area contributed by atoms with Crippen LogP contribution in [0.15, 0.2) is 0 Å². The van der Waals surface area contributed by atoms with Crippen LogP contribution in [0.1, 0.15) is 20.3 Å². The second kappa shape index (κ2) is 2.93. The molecule has 5 heteroatoms. The van der Waals surface area contributed by atoms with E-state index in [1.165, 1.54) is 0 Å². The van der Waals surface area contributed by atoms with Crippen molar-refractivity contribution in [3.05, 3.63) is 0 Å². The molecular weight excluding hydrogens is 202 g/mol. The Balaban J connectivity index is 1.95. The van der Waals surface area contributed by atoms with Crippen LogP contribution in [-0.2, 0) is 9.84 Å². The SMILES string of the molecule is CC1(C)CC1NC1CS(=O)(=O)CC1O. The second-order valence-corrected chi connectivity index (χ2v) is 7.32. The van der Waals surface area contributed by atoms with E-state index in [4.69, 9.17) is 0 Å². The molecule has 0 aromatic carbocycles. The van der Waals surface area contributed by atoms with Crippen LogP contribution in [0, 0.1) is 5.41 Å². The molecule has 1 saturated carbocycles. The van der Waals surface area contributed by atoms with Gasteiger partial charge in [0, 0.05) is 12.1 Å². The molecule has 0 radical (unpaired) electrons. The molecule has 2 N–H and O–H groups in total. The monoisotopic (exact) mass is 219 g/mol. The first-order chi connectivity index (χ1) is 6.30. The van der Waals surface area contributed by atoms with Gasteiger partial charge in [-0.3, -0.25) is 0 Å². The Labute approximate surface area is 84.6 Å². The average molecular weight is 219 g/mol. The highest BCUT2D eigenvalue weighted by atomic mass is 32.2. The highest BCUT2D eigenvalue weighted by Gasteiger charge is 2.49. The summed E-state index contributed by atoms with van der Waals surface area (Å²) >= 11 is 0. The number of aliphatic hydroxyl groups excluding tert-OH is 1. The first-order valence-electron chi connectivity index (χ1n) is 4.95. The molecule has 3 unspecified atom stereocenters. The van der Waals surface area contributed by atoms with Crippen molar-refractivity contribution in [2.24, 2.45) is 5.41 Å². The zero-order valence-corrected chi connectivity index (χ0v) is 9.34. The molecule has 1 saturated heterocycles. The van der Waals surface area contributed by atoms with Gasteiger partial charge in [-0.1, -0.05) is 13.8 Å². The summed E-state index contributed by atoms with van der Waals surface area (Å²) in [4.78, 5) is 0. The van der Waals surface area contributed by atoms with Crippen molar-refractivity contribution in [2.45, 2.75) is 38.5 Å². The van der Waals surface area contributed by atoms with Crippen molar-refractivity contribution < 1.29 is 13.5 Å². The van der Waals surface area contributed by atoms with Gasteiger partial charge in [0.25, 0.3) is 0 Å². The Hall–Kier alpha value is -0.130. The van der Waals surface area contributed by atoms with Gasteiger partial charge in [-0.15, -0.1) is 0 Å². The van der Waals surface area contributed by atoms with Gasteiger partial charge < -0.3 is 10.4 Å². The third-order valence-electron chi connectivity index (χ3n) is 3.25. The standard InChI is InChI=1S/C9H17NO3S/c1-9(2)3-8(9)10-6-4-14(12,13)5-7(6)11/h6-8,10-11H,3-5H2,1-2H3. The van der Waals surface area contributed by atoms with E-state index in [0.29, 0.717) is 6.04 Å². The fourth-order valence-corrected chi connectivity index (χ4v) is 3.75. The lowest BCUT2D eigenvalue weighted by Gasteiger charge is -2.15. The summed E-state index contributed by atoms with van der Waals surface area (Å²) in [5, 5.41) is 12.7. The maximum absolute atomic E-state index is 11.2. The van der Waals surface area contributed by atoms with E-state index in [2.05, 4.69) is 19.2 Å². The van der Waals surface area contributed by atoms with Crippen LogP contribution in [0.3, 0.4) is 0 Å². The van der Waals surface area contributed by atoms with Crippen molar-refractivity contribution >= 4 is 9.84 Å². The van der Waals surface area contributed by atoms with Gasteiger partial charge in [0.2, 0.25) is 0 Å². The Morgan fingerprint density at radius 2 is 1.93 bits per heavy atom. The topological polar surface area (TPSA) is 66.4 Å². The predicted octanol–water partition coefficient (Wildman–Crippen LogP) is -0.468. The van der Waals surface area contributed by atoms with Gasteiger partial charge in [-0.2, -0.15) is 0 Å². The summed E-state index contributed by atoms with van der Waals surface area (Å²) in [6.07, 6.45) is 0.340. The summed E-state index contributed by atoms with van der Waals surface area (Å²) in [5.41, 5.74) is 0.270. The second-order valence-electron chi connectivity index (χ2n) is 5.16. The first kappa shape index (κ1) is 10.4. The van der Waals surface area contributed by atoms with Gasteiger partial charge in [-0.25, -0.2) is 8.42 Å². The maximum Gasteiger partial charge on any atom is 0.154 e. The van der Waals surface area contributed by atoms with Crippen molar-refractivity contribution in [1.29, 1.82) is 0 Å². The molecule has 2 aliphatic rings. The Morgan fingerprint density at radius 3 is 2.29 bits per heavy atom. The molecule has 0 aromatic heterocycles. The molecular formula is C9H17NO3S. The zero-order chi connectivity index (χ0) is 10.6. The normalized spacial score (nSPS) is 43.8. The van der Waals surface area contributed by atoms with E-state index in [1.54, 1.807) is 0 Å². The molecule has 2 fully saturated rings. The molecule has 4 nitrogen and oxygen atoms in total. The van der Waals surface area contributed by atoms with Gasteiger partial charge in [-0.05, 0) is 11.8 Å². The summed E-state index contributed by atoms with van der Waals surface area (Å²) in [6.45, 7) is 4.28. The van der Waals surface area contributed by atoms with E-state index in [1.807, 2.05) is 0 Å². The fourth-order valence-electron chi connectivity index (χ4n) is 2.00. The highest BCUT2D eigenvalue weighted by molar-refractivity contribution is 7.91. The van der Waals surface area contributed by atoms with Crippen LogP contribution in [0.5, 0.6) is 0 Å². The van der Waals surface area contributed by atoms with Crippen molar-refractivity contribution in [1.82, 2.24) is 5.32 Å². The number of hydrogen-bond donors (Lipinski definition) is 2. The van der Waals surface area contributed by atoms with Crippen LogP contribution in [0.4, 0.5) is 0 Å². The molecule has 1 aliphatic heterocycles. The van der Waals surface area contributed by atoms with Crippen LogP contribution in [0.2, 0.25) is 0 Å². The van der Waals surface area contributed by atoms with E-state index >= 15 is 0 Å². The number of hydrogen-bond acceptors (Lipinski definition) is 4. The van der Waals surface area contributed by atoms with Crippen LogP contribution in [0.25, 0.3) is 0 Å². The van der Waals surface area contributed by atoms with E-state index < -0.39 is 15.9 Å². The first-order valence-corrected chi connectivity index (χ1v) is 6.77. The molecule has 1 heterocycles. The minimum atomic E-state index is -3.01. The van der Waals surface area contributed by atoms with Gasteiger partial charge in [0.15, 0.2) is 9.84 Å². The third-order valence-corrected chi connectivity index (χ3v) is 4.97. The predicted molar refractivity (Wildman–Crippen MR) is 53.8 cm³/mol. The van der Waals surface area contributed by atoms with Gasteiger partial charge >= 0.3 is 0 Å². The van der Waals surface area contributed by atoms with E-state index in [-0.39, 0.29) is 23.0 Å². The quantitative estimate of drug-likeness (QED) is 0.659. The summed E-state index contributed by atoms with van der Waals surface area (Å²) in [6, 6.07) is 0.113. The number of sulfone groups is 1. The molecule has 82 valence electrons. The minimum Gasteiger partial charge on any atom is -0.390 e. The number of rotatable bonds is 2. The maximum atomic E-state index is 11.2. The molecule has 0 bridgehead atoms. The summed E-state index contributed by atoms with van der Waals surface area (Å²) in [7, 11) is -3.01. The van der Waals surface area contributed by atoms with Gasteiger partial charge in [0.05, 0.1) is 17.6 Å². The lowest BCUT2D eigenvalue weighted by atomic mass is 10.1. The smallest absolute Gasteiger partial charge is 0.154 e. The Bertz CT molecular complexity index is 336. The molecule has 14 heavy (non-hydrogen) atoms. The molecule has 0 aromatic rings. The number of aliphatic hydroxyl groups is 1. The molecule has 2 rings (SSSR count). The molecule has 0 spiro atoms. The lowest BCUT2D eigenvalue weighted by Crippen LogP contribution is -2.41. The van der Waals surface area contributed by atoms with Crippen molar-refractivity contribution in [2.75, 3.05) is 11.5 Å². The van der Waals surface area contributed by atoms with Crippen molar-refractivity contribution in [3.8, 4) is 0 Å². The highest BCUT2D eigenvalue weighted by Crippen LogP contribution is 2.45. The Kier molecular flexibility index (Phi) is 2.18. The lowest BCUT2D eigenvalue weighted by molar-refractivity contribution is 0.163. The Morgan fingerprint density at radius 1 is 1.36 bits per heavy atom. The zero-order valence-electron chi connectivity index (χ0n) is 8.53. The number of nitrogens with one attached hydrogen (secondary N) is 1. The third kappa shape index (κ3) is 1.94.